The standard InChI is InChI=1S/C14H21Cl2N/c1-4-14(3,7-8-15)17-10-12-6-5-11(2)9-13(12)16/h5-6,9,17H,4,7-8,10H2,1-3H3. The van der Waals surface area contributed by atoms with Crippen molar-refractivity contribution >= 4 is 23.2 Å². The van der Waals surface area contributed by atoms with Gasteiger partial charge in [0, 0.05) is 23.0 Å². The molecule has 1 unspecified atom stereocenters. The molecule has 17 heavy (non-hydrogen) atoms. The van der Waals surface area contributed by atoms with Crippen LogP contribution >= 0.6 is 23.2 Å². The molecule has 1 rings (SSSR count). The van der Waals surface area contributed by atoms with Gasteiger partial charge in [0.05, 0.1) is 0 Å². The molecule has 1 aromatic rings. The zero-order chi connectivity index (χ0) is 12.9. The molecule has 0 heterocycles. The van der Waals surface area contributed by atoms with Gasteiger partial charge in [-0.05, 0) is 43.9 Å². The van der Waals surface area contributed by atoms with Crippen molar-refractivity contribution in [2.24, 2.45) is 0 Å². The molecule has 0 bridgehead atoms. The van der Waals surface area contributed by atoms with E-state index in [4.69, 9.17) is 23.2 Å². The van der Waals surface area contributed by atoms with Gasteiger partial charge < -0.3 is 5.32 Å². The van der Waals surface area contributed by atoms with Crippen molar-refractivity contribution in [1.29, 1.82) is 0 Å². The summed E-state index contributed by atoms with van der Waals surface area (Å²) in [5.41, 5.74) is 2.43. The van der Waals surface area contributed by atoms with Crippen molar-refractivity contribution in [1.82, 2.24) is 5.32 Å². The lowest BCUT2D eigenvalue weighted by Crippen LogP contribution is -2.41. The van der Waals surface area contributed by atoms with E-state index in [9.17, 15) is 0 Å². The summed E-state index contributed by atoms with van der Waals surface area (Å²) in [6, 6.07) is 6.18. The Labute approximate surface area is 115 Å². The normalized spacial score (nSPS) is 14.6. The minimum absolute atomic E-state index is 0.0932. The Bertz CT molecular complexity index is 365. The minimum atomic E-state index is 0.0932. The van der Waals surface area contributed by atoms with Crippen molar-refractivity contribution in [2.45, 2.75) is 45.7 Å². The van der Waals surface area contributed by atoms with Gasteiger partial charge in [-0.1, -0.05) is 30.7 Å². The van der Waals surface area contributed by atoms with Gasteiger partial charge in [0.25, 0.3) is 0 Å². The van der Waals surface area contributed by atoms with Gasteiger partial charge in [0.1, 0.15) is 0 Å². The van der Waals surface area contributed by atoms with Gasteiger partial charge in [-0.2, -0.15) is 0 Å². The molecule has 1 N–H and O–H groups in total. The number of hydrogen-bond donors (Lipinski definition) is 1. The Morgan fingerprint density at radius 2 is 2.06 bits per heavy atom. The maximum absolute atomic E-state index is 6.21. The van der Waals surface area contributed by atoms with E-state index in [1.807, 2.05) is 13.0 Å². The third kappa shape index (κ3) is 4.50. The first-order valence-electron chi connectivity index (χ1n) is 6.07. The molecule has 0 aliphatic heterocycles. The molecular formula is C14H21Cl2N. The lowest BCUT2D eigenvalue weighted by Gasteiger charge is -2.29. The van der Waals surface area contributed by atoms with E-state index in [1.165, 1.54) is 5.56 Å². The molecule has 1 aromatic carbocycles. The number of halogens is 2. The molecular weight excluding hydrogens is 253 g/mol. The van der Waals surface area contributed by atoms with Gasteiger partial charge in [-0.3, -0.25) is 0 Å². The van der Waals surface area contributed by atoms with E-state index in [1.54, 1.807) is 0 Å². The van der Waals surface area contributed by atoms with Crippen LogP contribution < -0.4 is 5.32 Å². The van der Waals surface area contributed by atoms with Crippen LogP contribution in [0.1, 0.15) is 37.8 Å². The van der Waals surface area contributed by atoms with Crippen molar-refractivity contribution in [3.05, 3.63) is 34.3 Å². The highest BCUT2D eigenvalue weighted by Crippen LogP contribution is 2.20. The van der Waals surface area contributed by atoms with Gasteiger partial charge >= 0.3 is 0 Å². The predicted molar refractivity (Wildman–Crippen MR) is 77.1 cm³/mol. The van der Waals surface area contributed by atoms with E-state index in [2.05, 4.69) is 31.3 Å². The third-order valence-electron chi connectivity index (χ3n) is 3.34. The van der Waals surface area contributed by atoms with Crippen molar-refractivity contribution in [3.8, 4) is 0 Å². The number of hydrogen-bond acceptors (Lipinski definition) is 1. The Kier molecular flexibility index (Phi) is 5.78. The molecule has 0 aromatic heterocycles. The van der Waals surface area contributed by atoms with Crippen LogP contribution in [-0.2, 0) is 6.54 Å². The quantitative estimate of drug-likeness (QED) is 0.751. The number of benzene rings is 1. The first kappa shape index (κ1) is 14.8. The number of aryl methyl sites for hydroxylation is 1. The molecule has 0 radical (unpaired) electrons. The van der Waals surface area contributed by atoms with E-state index in [0.717, 1.165) is 30.0 Å². The minimum Gasteiger partial charge on any atom is -0.307 e. The summed E-state index contributed by atoms with van der Waals surface area (Å²) < 4.78 is 0. The highest BCUT2D eigenvalue weighted by Gasteiger charge is 2.20. The largest absolute Gasteiger partial charge is 0.307 e. The summed E-state index contributed by atoms with van der Waals surface area (Å²) in [5.74, 6) is 0.680. The van der Waals surface area contributed by atoms with Crippen LogP contribution in [0.5, 0.6) is 0 Å². The van der Waals surface area contributed by atoms with Crippen LogP contribution in [0.4, 0.5) is 0 Å². The summed E-state index contributed by atoms with van der Waals surface area (Å²) in [6.45, 7) is 7.22. The molecule has 0 fully saturated rings. The fourth-order valence-electron chi connectivity index (χ4n) is 1.70. The van der Waals surface area contributed by atoms with Crippen molar-refractivity contribution in [2.75, 3.05) is 5.88 Å². The Morgan fingerprint density at radius 1 is 1.35 bits per heavy atom. The molecule has 0 saturated carbocycles. The predicted octanol–water partition coefficient (Wildman–Crippen LogP) is 4.54. The highest BCUT2D eigenvalue weighted by molar-refractivity contribution is 6.31. The maximum Gasteiger partial charge on any atom is 0.0453 e. The van der Waals surface area contributed by atoms with Gasteiger partial charge in [-0.15, -0.1) is 11.6 Å². The first-order chi connectivity index (χ1) is 8.00. The van der Waals surface area contributed by atoms with Crippen LogP contribution in [0.15, 0.2) is 18.2 Å². The van der Waals surface area contributed by atoms with Crippen LogP contribution in [-0.4, -0.2) is 11.4 Å². The summed E-state index contributed by atoms with van der Waals surface area (Å²) in [7, 11) is 0. The molecule has 1 atom stereocenters. The fourth-order valence-corrected chi connectivity index (χ4v) is 2.42. The second kappa shape index (κ2) is 6.63. The monoisotopic (exact) mass is 273 g/mol. The molecule has 96 valence electrons. The zero-order valence-electron chi connectivity index (χ0n) is 10.8. The number of alkyl halides is 1. The summed E-state index contributed by atoms with van der Waals surface area (Å²) in [6.07, 6.45) is 2.03. The molecule has 0 spiro atoms. The molecule has 0 aliphatic carbocycles. The molecule has 0 amide bonds. The van der Waals surface area contributed by atoms with Crippen LogP contribution in [0.2, 0.25) is 5.02 Å². The third-order valence-corrected chi connectivity index (χ3v) is 3.88. The van der Waals surface area contributed by atoms with Crippen LogP contribution in [0.3, 0.4) is 0 Å². The van der Waals surface area contributed by atoms with Crippen molar-refractivity contribution < 1.29 is 0 Å². The van der Waals surface area contributed by atoms with Crippen LogP contribution in [0, 0.1) is 6.92 Å². The lowest BCUT2D eigenvalue weighted by molar-refractivity contribution is 0.331. The molecule has 0 saturated heterocycles. The van der Waals surface area contributed by atoms with E-state index in [-0.39, 0.29) is 5.54 Å². The average molecular weight is 274 g/mol. The Balaban J connectivity index is 2.65. The summed E-state index contributed by atoms with van der Waals surface area (Å²) in [5, 5.41) is 4.39. The number of rotatable bonds is 6. The smallest absolute Gasteiger partial charge is 0.0453 e. The number of nitrogens with one attached hydrogen (secondary N) is 1. The first-order valence-corrected chi connectivity index (χ1v) is 6.98. The average Bonchev–Trinajstić information content (AvgIpc) is 2.28. The van der Waals surface area contributed by atoms with Gasteiger partial charge in [0.2, 0.25) is 0 Å². The van der Waals surface area contributed by atoms with Crippen LogP contribution in [0.25, 0.3) is 0 Å². The zero-order valence-corrected chi connectivity index (χ0v) is 12.3. The Morgan fingerprint density at radius 3 is 2.59 bits per heavy atom. The highest BCUT2D eigenvalue weighted by atomic mass is 35.5. The SMILES string of the molecule is CCC(C)(CCCl)NCc1ccc(C)cc1Cl. The second-order valence-corrected chi connectivity index (χ2v) is 5.59. The molecule has 1 nitrogen and oxygen atoms in total. The van der Waals surface area contributed by atoms with Gasteiger partial charge in [0.15, 0.2) is 0 Å². The molecule has 3 heteroatoms. The molecule has 0 aliphatic rings. The maximum atomic E-state index is 6.21. The van der Waals surface area contributed by atoms with Crippen molar-refractivity contribution in [3.63, 3.8) is 0 Å². The fraction of sp³-hybridized carbons (Fsp3) is 0.571. The summed E-state index contributed by atoms with van der Waals surface area (Å²) in [4.78, 5) is 0. The van der Waals surface area contributed by atoms with E-state index < -0.39 is 0 Å². The second-order valence-electron chi connectivity index (χ2n) is 4.80. The van der Waals surface area contributed by atoms with E-state index in [0.29, 0.717) is 5.88 Å². The lowest BCUT2D eigenvalue weighted by atomic mass is 9.95. The summed E-state index contributed by atoms with van der Waals surface area (Å²) >= 11 is 12.0. The van der Waals surface area contributed by atoms with Gasteiger partial charge in [-0.25, -0.2) is 0 Å². The Hall–Kier alpha value is -0.240. The topological polar surface area (TPSA) is 12.0 Å². The van der Waals surface area contributed by atoms with E-state index >= 15 is 0 Å².